The number of carbonyl (C=O) groups is 1. The molecule has 0 fully saturated rings. The summed E-state index contributed by atoms with van der Waals surface area (Å²) in [5.74, 6) is 1.42. The lowest BCUT2D eigenvalue weighted by Gasteiger charge is -2.24. The third kappa shape index (κ3) is 4.77. The number of methoxy groups -OCH3 is 1. The summed E-state index contributed by atoms with van der Waals surface area (Å²) in [6, 6.07) is 3.43. The topological polar surface area (TPSA) is 125 Å². The molecule has 0 aliphatic heterocycles. The molecule has 3 N–H and O–H groups in total. The number of carbonyl (C=O) groups excluding carboxylic acids is 1. The highest BCUT2D eigenvalue weighted by molar-refractivity contribution is 5.96. The van der Waals surface area contributed by atoms with Gasteiger partial charge in [-0.15, -0.1) is 4.68 Å². The largest absolute Gasteiger partial charge is 0.493 e. The van der Waals surface area contributed by atoms with Crippen molar-refractivity contribution in [2.45, 2.75) is 53.5 Å². The van der Waals surface area contributed by atoms with Crippen LogP contribution < -0.4 is 24.6 Å². The molecule has 0 aliphatic carbocycles. The van der Waals surface area contributed by atoms with Crippen LogP contribution in [0.15, 0.2) is 12.1 Å². The second-order valence-electron chi connectivity index (χ2n) is 9.04. The van der Waals surface area contributed by atoms with E-state index in [0.29, 0.717) is 35.2 Å². The highest BCUT2D eigenvalue weighted by Gasteiger charge is 2.28. The number of ether oxygens (including phenoxy) is 3. The summed E-state index contributed by atoms with van der Waals surface area (Å²) in [6.07, 6.45) is 0. The van der Waals surface area contributed by atoms with Gasteiger partial charge in [0.15, 0.2) is 23.8 Å². The molecule has 2 heterocycles. The van der Waals surface area contributed by atoms with Gasteiger partial charge in [-0.2, -0.15) is 0 Å². The first-order valence-electron chi connectivity index (χ1n) is 11.2. The zero-order valence-electron chi connectivity index (χ0n) is 20.9. The number of Topliss-reactive ketones (excluding diaryl/α,β-unsaturated/α-hetero) is 1. The highest BCUT2D eigenvalue weighted by Crippen LogP contribution is 2.40. The van der Waals surface area contributed by atoms with Gasteiger partial charge < -0.3 is 19.3 Å². The molecule has 1 aromatic carbocycles. The molecular formula is C24H34N5O5+. The molecule has 0 unspecified atom stereocenters. The molecule has 0 aliphatic rings. The maximum Gasteiger partial charge on any atom is 0.401 e. The first-order chi connectivity index (χ1) is 16.0. The Morgan fingerprint density at radius 1 is 1.21 bits per heavy atom. The summed E-state index contributed by atoms with van der Waals surface area (Å²) in [7, 11) is 1.55. The lowest BCUT2D eigenvalue weighted by Crippen LogP contribution is -2.42. The summed E-state index contributed by atoms with van der Waals surface area (Å²) in [4.78, 5) is 13.4. The van der Waals surface area contributed by atoms with Gasteiger partial charge in [0.25, 0.3) is 5.65 Å². The minimum atomic E-state index is -0.317. The predicted octanol–water partition coefficient (Wildman–Crippen LogP) is 2.17. The zero-order chi connectivity index (χ0) is 25.2. The quantitative estimate of drug-likeness (QED) is 0.359. The number of nitrogen functional groups attached to an aromatic ring is 1. The summed E-state index contributed by atoms with van der Waals surface area (Å²) in [6.45, 7) is 12.1. The monoisotopic (exact) mass is 472 g/mol. The minimum absolute atomic E-state index is 0.0815. The van der Waals surface area contributed by atoms with Crippen LogP contribution in [0, 0.1) is 13.8 Å². The van der Waals surface area contributed by atoms with Crippen LogP contribution in [0.2, 0.25) is 0 Å². The minimum Gasteiger partial charge on any atom is -0.493 e. The van der Waals surface area contributed by atoms with Crippen molar-refractivity contribution in [3.63, 3.8) is 0 Å². The fraction of sp³-hybridized carbons (Fsp3) is 0.500. The van der Waals surface area contributed by atoms with Crippen molar-refractivity contribution in [3.05, 3.63) is 34.4 Å². The Labute approximate surface area is 199 Å². The maximum atomic E-state index is 13.4. The number of benzene rings is 1. The van der Waals surface area contributed by atoms with Crippen LogP contribution in [0.4, 0.5) is 5.95 Å². The molecule has 0 bridgehead atoms. The summed E-state index contributed by atoms with van der Waals surface area (Å²) in [5.41, 5.74) is 9.54. The van der Waals surface area contributed by atoms with Gasteiger partial charge in [-0.3, -0.25) is 10.5 Å². The number of nitrogens with zero attached hydrogens (tertiary/aromatic N) is 4. The van der Waals surface area contributed by atoms with E-state index in [2.05, 4.69) is 10.2 Å². The van der Waals surface area contributed by atoms with Gasteiger partial charge in [0, 0.05) is 22.3 Å². The fourth-order valence-corrected chi connectivity index (χ4v) is 3.66. The summed E-state index contributed by atoms with van der Waals surface area (Å²) >= 11 is 0. The molecule has 184 valence electrons. The highest BCUT2D eigenvalue weighted by atomic mass is 16.5. The van der Waals surface area contributed by atoms with Crippen molar-refractivity contribution in [1.82, 2.24) is 14.7 Å². The standard InChI is InChI=1S/C24H33N5O5/c1-8-33-22-15(3)14(2)21-26-28(23(25)29(21)27-22)13-18(31)16-11-17(24(4,5)6)20(32-7)19(12-16)34-10-9-30/h11-12,25,30H,8-10,13H2,1-7H3/p+1. The Balaban J connectivity index is 2.05. The number of aliphatic hydroxyl groups is 1. The van der Waals surface area contributed by atoms with Gasteiger partial charge in [0.2, 0.25) is 5.88 Å². The second kappa shape index (κ2) is 9.84. The van der Waals surface area contributed by atoms with Crippen LogP contribution >= 0.6 is 0 Å². The number of hydrogen-bond acceptors (Lipinski definition) is 8. The molecule has 0 spiro atoms. The second-order valence-corrected chi connectivity index (χ2v) is 9.04. The fourth-order valence-electron chi connectivity index (χ4n) is 3.66. The molecule has 3 aromatic rings. The van der Waals surface area contributed by atoms with E-state index in [1.165, 1.54) is 9.20 Å². The normalized spacial score (nSPS) is 11.6. The molecule has 0 amide bonds. The van der Waals surface area contributed by atoms with Crippen molar-refractivity contribution in [2.75, 3.05) is 32.7 Å². The molecule has 0 radical (unpaired) electrons. The van der Waals surface area contributed by atoms with Gasteiger partial charge in [-0.25, -0.2) is 0 Å². The van der Waals surface area contributed by atoms with Crippen LogP contribution in [0.1, 0.15) is 54.7 Å². The van der Waals surface area contributed by atoms with E-state index in [1.54, 1.807) is 19.2 Å². The van der Waals surface area contributed by atoms with Crippen LogP contribution in [0.25, 0.3) is 5.65 Å². The number of aliphatic hydroxyl groups excluding tert-OH is 1. The first-order valence-corrected chi connectivity index (χ1v) is 11.2. The van der Waals surface area contributed by atoms with Crippen LogP contribution in [0.3, 0.4) is 0 Å². The van der Waals surface area contributed by atoms with E-state index in [1.807, 2.05) is 41.5 Å². The number of fused-ring (bicyclic) bond motifs is 1. The van der Waals surface area contributed by atoms with E-state index in [4.69, 9.17) is 19.9 Å². The third-order valence-corrected chi connectivity index (χ3v) is 5.62. The van der Waals surface area contributed by atoms with Crippen LogP contribution in [-0.4, -0.2) is 52.5 Å². The van der Waals surface area contributed by atoms with Crippen molar-refractivity contribution >= 4 is 17.4 Å². The Morgan fingerprint density at radius 3 is 2.50 bits per heavy atom. The lowest BCUT2D eigenvalue weighted by atomic mass is 9.84. The SMILES string of the molecule is CCOc1nn2c(N)[n+](CC(=O)c3cc(OCCO)c(OC)c(C(C)(C)C)c3)nc2c(C)c1C. The third-order valence-electron chi connectivity index (χ3n) is 5.62. The van der Waals surface area contributed by atoms with Crippen LogP contribution in [0.5, 0.6) is 17.4 Å². The summed E-state index contributed by atoms with van der Waals surface area (Å²) < 4.78 is 19.8. The number of rotatable bonds is 9. The lowest BCUT2D eigenvalue weighted by molar-refractivity contribution is -0.723. The van der Waals surface area contributed by atoms with Crippen LogP contribution in [-0.2, 0) is 12.0 Å². The van der Waals surface area contributed by atoms with Gasteiger partial charge in [0.05, 0.1) is 20.3 Å². The molecular weight excluding hydrogens is 438 g/mol. The van der Waals surface area contributed by atoms with E-state index >= 15 is 0 Å². The Bertz CT molecular complexity index is 1210. The Morgan fingerprint density at radius 2 is 1.91 bits per heavy atom. The average molecular weight is 473 g/mol. The molecule has 2 aromatic heterocycles. The molecule has 0 saturated heterocycles. The van der Waals surface area contributed by atoms with Crippen molar-refractivity contribution in [1.29, 1.82) is 0 Å². The van der Waals surface area contributed by atoms with E-state index in [9.17, 15) is 9.90 Å². The molecule has 34 heavy (non-hydrogen) atoms. The van der Waals surface area contributed by atoms with Crippen molar-refractivity contribution in [3.8, 4) is 17.4 Å². The maximum absolute atomic E-state index is 13.4. The number of nitrogens with two attached hydrogens (primary N) is 1. The molecule has 10 heteroatoms. The Hall–Kier alpha value is -3.40. The first kappa shape index (κ1) is 25.2. The summed E-state index contributed by atoms with van der Waals surface area (Å²) in [5, 5.41) is 18.2. The zero-order valence-corrected chi connectivity index (χ0v) is 20.9. The molecule has 0 atom stereocenters. The predicted molar refractivity (Wildman–Crippen MR) is 127 cm³/mol. The van der Waals surface area contributed by atoms with Gasteiger partial charge in [0.1, 0.15) is 6.61 Å². The van der Waals surface area contributed by atoms with Crippen molar-refractivity contribution in [2.24, 2.45) is 0 Å². The molecule has 0 saturated carbocycles. The van der Waals surface area contributed by atoms with E-state index in [-0.39, 0.29) is 36.9 Å². The molecule has 10 nitrogen and oxygen atoms in total. The number of aryl methyl sites for hydroxylation is 1. The van der Waals surface area contributed by atoms with Crippen molar-refractivity contribution < 1.29 is 28.8 Å². The smallest absolute Gasteiger partial charge is 0.401 e. The number of aromatic nitrogens is 4. The molecule has 3 rings (SSSR count). The number of anilines is 1. The van der Waals surface area contributed by atoms with E-state index < -0.39 is 0 Å². The van der Waals surface area contributed by atoms with E-state index in [0.717, 1.165) is 16.7 Å². The van der Waals surface area contributed by atoms with Gasteiger partial charge in [-0.1, -0.05) is 35.5 Å². The van der Waals surface area contributed by atoms with Gasteiger partial charge in [-0.05, 0) is 38.3 Å². The number of ketones is 1. The Kier molecular flexibility index (Phi) is 7.30. The average Bonchev–Trinajstić information content (AvgIpc) is 3.09. The number of hydrogen-bond donors (Lipinski definition) is 2. The van der Waals surface area contributed by atoms with Gasteiger partial charge >= 0.3 is 5.95 Å².